The Labute approximate surface area is 236 Å². The highest BCUT2D eigenvalue weighted by Gasteiger charge is 2.36. The van der Waals surface area contributed by atoms with Gasteiger partial charge >= 0.3 is 6.18 Å². The molecule has 1 aliphatic rings. The summed E-state index contributed by atoms with van der Waals surface area (Å²) in [7, 11) is 0. The number of nitrogens with zero attached hydrogens (tertiary/aromatic N) is 3. The van der Waals surface area contributed by atoms with Gasteiger partial charge in [0.2, 0.25) is 5.91 Å². The standard InChI is InChI=1S/C29H24F5N5O3/c30-28(31)7-9-39(10-8-28)27(41)18-3-4-23(36-15-18)19-11-20-12-21(42-26(20)22(13-19)29(32,33)34)16-38-25(40)6-2-17-1-5-24(35)37-14-17/h1-6,11-15H,7-10,16H2,(H2,35,37)(H,38,40)/b6-2+. The molecule has 1 aromatic carbocycles. The van der Waals surface area contributed by atoms with Gasteiger partial charge in [0.15, 0.2) is 0 Å². The minimum absolute atomic E-state index is 0.0984. The van der Waals surface area contributed by atoms with Gasteiger partial charge in [0, 0.05) is 55.4 Å². The molecule has 13 heteroatoms. The molecule has 2 amide bonds. The van der Waals surface area contributed by atoms with Gasteiger partial charge in [0.1, 0.15) is 17.2 Å². The van der Waals surface area contributed by atoms with Gasteiger partial charge in [-0.15, -0.1) is 0 Å². The highest BCUT2D eigenvalue weighted by atomic mass is 19.4. The van der Waals surface area contributed by atoms with Gasteiger partial charge in [-0.1, -0.05) is 0 Å². The first-order valence-corrected chi connectivity index (χ1v) is 12.8. The number of carbonyl (C=O) groups excluding carboxylic acids is 2. The molecule has 42 heavy (non-hydrogen) atoms. The number of nitrogens with one attached hydrogen (secondary N) is 1. The highest BCUT2D eigenvalue weighted by Crippen LogP contribution is 2.39. The van der Waals surface area contributed by atoms with Crippen LogP contribution in [-0.2, 0) is 17.5 Å². The number of rotatable bonds is 6. The van der Waals surface area contributed by atoms with Gasteiger partial charge in [-0.25, -0.2) is 13.8 Å². The highest BCUT2D eigenvalue weighted by molar-refractivity contribution is 5.94. The van der Waals surface area contributed by atoms with Crippen molar-refractivity contribution in [1.82, 2.24) is 20.2 Å². The number of anilines is 1. The largest absolute Gasteiger partial charge is 0.459 e. The number of hydrogen-bond acceptors (Lipinski definition) is 6. The number of nitrogen functional groups attached to an aromatic ring is 1. The quantitative estimate of drug-likeness (QED) is 0.222. The Hall–Kier alpha value is -4.81. The molecule has 0 unspecified atom stereocenters. The fraction of sp³-hybridized carbons (Fsp3) is 0.241. The van der Waals surface area contributed by atoms with Crippen molar-refractivity contribution in [2.45, 2.75) is 31.5 Å². The molecule has 0 radical (unpaired) electrons. The number of nitrogens with two attached hydrogens (primary N) is 1. The predicted octanol–water partition coefficient (Wildman–Crippen LogP) is 5.69. The Kier molecular flexibility index (Phi) is 7.67. The number of benzene rings is 1. The SMILES string of the molecule is Nc1ccc(/C=C/C(=O)NCc2cc3cc(-c4ccc(C(=O)N5CCC(F)(F)CC5)cn4)cc(C(F)(F)F)c3o2)cn1. The molecule has 1 saturated heterocycles. The molecule has 0 bridgehead atoms. The van der Waals surface area contributed by atoms with E-state index in [1.165, 1.54) is 53.7 Å². The molecule has 5 rings (SSSR count). The molecule has 0 saturated carbocycles. The Bertz CT molecular complexity index is 1640. The minimum Gasteiger partial charge on any atom is -0.459 e. The number of likely N-dealkylation sites (tertiary alicyclic amines) is 1. The topological polar surface area (TPSA) is 114 Å². The Morgan fingerprint density at radius 2 is 1.81 bits per heavy atom. The van der Waals surface area contributed by atoms with Crippen LogP contribution in [-0.4, -0.2) is 45.7 Å². The molecular weight excluding hydrogens is 561 g/mol. The van der Waals surface area contributed by atoms with E-state index in [2.05, 4.69) is 15.3 Å². The summed E-state index contributed by atoms with van der Waals surface area (Å²) in [6, 6.07) is 9.80. The number of fused-ring (bicyclic) bond motifs is 1. The van der Waals surface area contributed by atoms with Gasteiger partial charge in [0.05, 0.1) is 23.4 Å². The van der Waals surface area contributed by atoms with E-state index >= 15 is 0 Å². The normalized spacial score (nSPS) is 15.3. The Balaban J connectivity index is 1.33. The zero-order valence-corrected chi connectivity index (χ0v) is 21.9. The number of carbonyl (C=O) groups is 2. The summed E-state index contributed by atoms with van der Waals surface area (Å²) in [4.78, 5) is 34.3. The van der Waals surface area contributed by atoms with Crippen LogP contribution >= 0.6 is 0 Å². The van der Waals surface area contributed by atoms with Gasteiger partial charge < -0.3 is 20.4 Å². The van der Waals surface area contributed by atoms with E-state index < -0.39 is 47.9 Å². The third-order valence-corrected chi connectivity index (χ3v) is 6.73. The lowest BCUT2D eigenvalue weighted by molar-refractivity contribution is -0.136. The monoisotopic (exact) mass is 585 g/mol. The summed E-state index contributed by atoms with van der Waals surface area (Å²) in [6.07, 6.45) is -0.174. The van der Waals surface area contributed by atoms with Crippen molar-refractivity contribution in [3.8, 4) is 11.3 Å². The van der Waals surface area contributed by atoms with E-state index in [0.29, 0.717) is 11.4 Å². The first kappa shape index (κ1) is 28.7. The van der Waals surface area contributed by atoms with E-state index in [0.717, 1.165) is 6.07 Å². The van der Waals surface area contributed by atoms with Crippen molar-refractivity contribution in [3.05, 3.63) is 83.4 Å². The van der Waals surface area contributed by atoms with Crippen molar-refractivity contribution >= 4 is 34.7 Å². The lowest BCUT2D eigenvalue weighted by Gasteiger charge is -2.31. The predicted molar refractivity (Wildman–Crippen MR) is 144 cm³/mol. The van der Waals surface area contributed by atoms with Crippen molar-refractivity contribution in [1.29, 1.82) is 0 Å². The Morgan fingerprint density at radius 3 is 2.45 bits per heavy atom. The Morgan fingerprint density at radius 1 is 1.05 bits per heavy atom. The van der Waals surface area contributed by atoms with E-state index in [-0.39, 0.29) is 47.6 Å². The van der Waals surface area contributed by atoms with Crippen LogP contribution in [0.15, 0.2) is 65.4 Å². The van der Waals surface area contributed by atoms with Crippen LogP contribution in [0.2, 0.25) is 0 Å². The molecule has 1 fully saturated rings. The molecule has 4 aromatic rings. The van der Waals surface area contributed by atoms with Gasteiger partial charge in [-0.3, -0.25) is 14.6 Å². The average molecular weight is 586 g/mol. The van der Waals surface area contributed by atoms with Crippen LogP contribution in [0.3, 0.4) is 0 Å². The first-order chi connectivity index (χ1) is 19.9. The molecule has 8 nitrogen and oxygen atoms in total. The third kappa shape index (κ3) is 6.56. The maximum absolute atomic E-state index is 14.0. The molecule has 0 spiro atoms. The van der Waals surface area contributed by atoms with Crippen molar-refractivity contribution in [2.24, 2.45) is 0 Å². The second kappa shape index (κ2) is 11.2. The number of aromatic nitrogens is 2. The molecule has 3 aromatic heterocycles. The summed E-state index contributed by atoms with van der Waals surface area (Å²) >= 11 is 0. The third-order valence-electron chi connectivity index (χ3n) is 6.73. The maximum Gasteiger partial charge on any atom is 0.420 e. The van der Waals surface area contributed by atoms with E-state index in [9.17, 15) is 31.5 Å². The van der Waals surface area contributed by atoms with Crippen LogP contribution in [0.1, 0.15) is 40.1 Å². The zero-order valence-electron chi connectivity index (χ0n) is 21.9. The van der Waals surface area contributed by atoms with Crippen LogP contribution < -0.4 is 11.1 Å². The molecule has 1 aliphatic heterocycles. The second-order valence-electron chi connectivity index (χ2n) is 9.80. The number of furan rings is 1. The molecule has 0 atom stereocenters. The number of alkyl halides is 5. The number of pyridine rings is 2. The number of hydrogen-bond donors (Lipinski definition) is 2. The number of piperidine rings is 1. The summed E-state index contributed by atoms with van der Waals surface area (Å²) in [5.41, 5.74) is 5.17. The van der Waals surface area contributed by atoms with Crippen molar-refractivity contribution in [3.63, 3.8) is 0 Å². The zero-order chi connectivity index (χ0) is 30.1. The number of halogens is 5. The average Bonchev–Trinajstić information content (AvgIpc) is 3.37. The van der Waals surface area contributed by atoms with Crippen LogP contribution in [0.25, 0.3) is 28.3 Å². The first-order valence-electron chi connectivity index (χ1n) is 12.8. The van der Waals surface area contributed by atoms with Gasteiger partial charge in [-0.05, 0) is 54.1 Å². The number of amides is 2. The van der Waals surface area contributed by atoms with Gasteiger partial charge in [-0.2, -0.15) is 13.2 Å². The van der Waals surface area contributed by atoms with E-state index in [1.54, 1.807) is 12.1 Å². The molecule has 0 aliphatic carbocycles. The summed E-state index contributed by atoms with van der Waals surface area (Å²) in [6.45, 7) is -0.362. The molecule has 218 valence electrons. The lowest BCUT2D eigenvalue weighted by atomic mass is 10.0. The van der Waals surface area contributed by atoms with Crippen molar-refractivity contribution < 1.29 is 36.0 Å². The maximum atomic E-state index is 14.0. The molecule has 3 N–H and O–H groups in total. The van der Waals surface area contributed by atoms with E-state index in [4.69, 9.17) is 10.2 Å². The van der Waals surface area contributed by atoms with Crippen LogP contribution in [0.4, 0.5) is 27.8 Å². The van der Waals surface area contributed by atoms with Crippen LogP contribution in [0, 0.1) is 0 Å². The smallest absolute Gasteiger partial charge is 0.420 e. The summed E-state index contributed by atoms with van der Waals surface area (Å²) in [5.74, 6) is -3.35. The fourth-order valence-electron chi connectivity index (χ4n) is 4.48. The molecular formula is C29H24F5N5O3. The molecule has 4 heterocycles. The van der Waals surface area contributed by atoms with E-state index in [1.807, 2.05) is 0 Å². The minimum atomic E-state index is -4.76. The summed E-state index contributed by atoms with van der Waals surface area (Å²) < 4.78 is 74.3. The lowest BCUT2D eigenvalue weighted by Crippen LogP contribution is -2.42. The fourth-order valence-corrected chi connectivity index (χ4v) is 4.48. The second-order valence-corrected chi connectivity index (χ2v) is 9.80. The van der Waals surface area contributed by atoms with Gasteiger partial charge in [0.25, 0.3) is 11.8 Å². The van der Waals surface area contributed by atoms with Crippen molar-refractivity contribution in [2.75, 3.05) is 18.8 Å². The van der Waals surface area contributed by atoms with Crippen LogP contribution in [0.5, 0.6) is 0 Å². The summed E-state index contributed by atoms with van der Waals surface area (Å²) in [5, 5.41) is 2.70.